The number of aliphatic hydroxyl groups is 1. The van der Waals surface area contributed by atoms with Gasteiger partial charge in [-0.25, -0.2) is 4.68 Å². The standard InChI is InChI=1S/C27H31N3O4/c1-3-32-20-22(31)17-30(18-24-15-10-16-33-24)19-25-26(21-11-6-4-7-12-21)28-29(2)27(25)34-23-13-8-5-9-14-23/h4-16,22,31H,3,17-20H2,1-2H3/t22-/m1/s1. The Morgan fingerprint density at radius 2 is 1.74 bits per heavy atom. The Balaban J connectivity index is 1.69. The lowest BCUT2D eigenvalue weighted by Crippen LogP contribution is -2.34. The van der Waals surface area contributed by atoms with Crippen LogP contribution in [-0.4, -0.2) is 45.6 Å². The highest BCUT2D eigenvalue weighted by molar-refractivity contribution is 5.65. The molecule has 178 valence electrons. The maximum absolute atomic E-state index is 10.6. The van der Waals surface area contributed by atoms with Crippen molar-refractivity contribution >= 4 is 0 Å². The molecule has 0 unspecified atom stereocenters. The first kappa shape index (κ1) is 23.8. The van der Waals surface area contributed by atoms with Gasteiger partial charge in [0.05, 0.1) is 31.1 Å². The highest BCUT2D eigenvalue weighted by atomic mass is 16.5. The quantitative estimate of drug-likeness (QED) is 0.324. The lowest BCUT2D eigenvalue weighted by molar-refractivity contribution is 0.0167. The van der Waals surface area contributed by atoms with Gasteiger partial charge in [0.15, 0.2) is 0 Å². The Bertz CT molecular complexity index is 1130. The Hall–Kier alpha value is -3.39. The highest BCUT2D eigenvalue weighted by Gasteiger charge is 2.24. The highest BCUT2D eigenvalue weighted by Crippen LogP contribution is 2.34. The van der Waals surface area contributed by atoms with Crippen molar-refractivity contribution in [2.75, 3.05) is 19.8 Å². The molecule has 0 amide bonds. The number of aliphatic hydroxyl groups excluding tert-OH is 1. The van der Waals surface area contributed by atoms with E-state index in [1.165, 1.54) is 0 Å². The minimum Gasteiger partial charge on any atom is -0.468 e. The van der Waals surface area contributed by atoms with E-state index in [1.807, 2.05) is 86.8 Å². The monoisotopic (exact) mass is 461 g/mol. The topological polar surface area (TPSA) is 72.9 Å². The van der Waals surface area contributed by atoms with Gasteiger partial charge in [0.1, 0.15) is 17.2 Å². The second-order valence-corrected chi connectivity index (χ2v) is 8.10. The number of aryl methyl sites for hydroxylation is 1. The maximum atomic E-state index is 10.6. The summed E-state index contributed by atoms with van der Waals surface area (Å²) in [6, 6.07) is 23.6. The first-order valence-electron chi connectivity index (χ1n) is 11.5. The lowest BCUT2D eigenvalue weighted by Gasteiger charge is -2.24. The van der Waals surface area contributed by atoms with Crippen LogP contribution in [0.25, 0.3) is 11.3 Å². The average molecular weight is 462 g/mol. The van der Waals surface area contributed by atoms with Crippen LogP contribution in [0.2, 0.25) is 0 Å². The lowest BCUT2D eigenvalue weighted by atomic mass is 10.1. The van der Waals surface area contributed by atoms with E-state index in [4.69, 9.17) is 19.0 Å². The molecule has 0 aliphatic carbocycles. The van der Waals surface area contributed by atoms with Crippen molar-refractivity contribution in [1.82, 2.24) is 14.7 Å². The summed E-state index contributed by atoms with van der Waals surface area (Å²) in [4.78, 5) is 2.13. The molecule has 0 aliphatic heterocycles. The van der Waals surface area contributed by atoms with Crippen LogP contribution in [-0.2, 0) is 24.9 Å². The zero-order valence-electron chi connectivity index (χ0n) is 19.6. The molecule has 0 radical (unpaired) electrons. The van der Waals surface area contributed by atoms with E-state index >= 15 is 0 Å². The fourth-order valence-electron chi connectivity index (χ4n) is 3.89. The third-order valence-corrected chi connectivity index (χ3v) is 5.42. The molecule has 0 bridgehead atoms. The van der Waals surface area contributed by atoms with Gasteiger partial charge in [-0.05, 0) is 31.2 Å². The van der Waals surface area contributed by atoms with E-state index in [-0.39, 0.29) is 6.61 Å². The zero-order valence-corrected chi connectivity index (χ0v) is 19.6. The van der Waals surface area contributed by atoms with Gasteiger partial charge in [-0.2, -0.15) is 5.10 Å². The number of hydrogen-bond acceptors (Lipinski definition) is 6. The normalized spacial score (nSPS) is 12.2. The summed E-state index contributed by atoms with van der Waals surface area (Å²) in [5.41, 5.74) is 2.79. The number of hydrogen-bond donors (Lipinski definition) is 1. The Labute approximate surface area is 200 Å². The van der Waals surface area contributed by atoms with E-state index in [2.05, 4.69) is 4.90 Å². The van der Waals surface area contributed by atoms with Crippen LogP contribution < -0.4 is 4.74 Å². The van der Waals surface area contributed by atoms with Crippen molar-refractivity contribution in [2.45, 2.75) is 26.1 Å². The SMILES string of the molecule is CCOC[C@H](O)CN(Cc1ccco1)Cc1c(-c2ccccc2)nn(C)c1Oc1ccccc1. The molecule has 2 heterocycles. The van der Waals surface area contributed by atoms with Crippen LogP contribution in [0.5, 0.6) is 11.6 Å². The molecular formula is C27H31N3O4. The molecule has 0 saturated carbocycles. The van der Waals surface area contributed by atoms with Crippen LogP contribution in [0.3, 0.4) is 0 Å². The van der Waals surface area contributed by atoms with Crippen molar-refractivity contribution < 1.29 is 19.0 Å². The van der Waals surface area contributed by atoms with Gasteiger partial charge in [0.2, 0.25) is 5.88 Å². The molecule has 1 atom stereocenters. The summed E-state index contributed by atoms with van der Waals surface area (Å²) in [5.74, 6) is 2.22. The fraction of sp³-hybridized carbons (Fsp3) is 0.296. The second kappa shape index (κ2) is 11.7. The molecule has 4 aromatic rings. The molecule has 0 saturated heterocycles. The number of ether oxygens (including phenoxy) is 2. The van der Waals surface area contributed by atoms with Gasteiger partial charge in [-0.15, -0.1) is 0 Å². The largest absolute Gasteiger partial charge is 0.468 e. The number of furan rings is 1. The molecule has 2 aromatic heterocycles. The Kier molecular flexibility index (Phi) is 8.14. The zero-order chi connectivity index (χ0) is 23.8. The van der Waals surface area contributed by atoms with Crippen LogP contribution in [0.1, 0.15) is 18.2 Å². The summed E-state index contributed by atoms with van der Waals surface area (Å²) in [6.07, 6.45) is 1.03. The Morgan fingerprint density at radius 3 is 2.41 bits per heavy atom. The molecule has 0 fully saturated rings. The summed E-state index contributed by atoms with van der Waals surface area (Å²) in [7, 11) is 1.88. The van der Waals surface area contributed by atoms with Gasteiger partial charge >= 0.3 is 0 Å². The summed E-state index contributed by atoms with van der Waals surface area (Å²) in [6.45, 7) is 4.20. The number of aromatic nitrogens is 2. The molecule has 1 N–H and O–H groups in total. The van der Waals surface area contributed by atoms with E-state index in [0.717, 1.165) is 28.3 Å². The smallest absolute Gasteiger partial charge is 0.222 e. The molecular weight excluding hydrogens is 430 g/mol. The van der Waals surface area contributed by atoms with Crippen LogP contribution in [0.4, 0.5) is 0 Å². The predicted molar refractivity (Wildman–Crippen MR) is 130 cm³/mol. The van der Waals surface area contributed by atoms with Gasteiger partial charge in [-0.1, -0.05) is 48.5 Å². The van der Waals surface area contributed by atoms with E-state index in [9.17, 15) is 5.11 Å². The second-order valence-electron chi connectivity index (χ2n) is 8.10. The molecule has 4 rings (SSSR count). The van der Waals surface area contributed by atoms with Crippen molar-refractivity contribution in [3.63, 3.8) is 0 Å². The first-order chi connectivity index (χ1) is 16.6. The van der Waals surface area contributed by atoms with Crippen LogP contribution >= 0.6 is 0 Å². The summed E-state index contributed by atoms with van der Waals surface area (Å²) >= 11 is 0. The molecule has 34 heavy (non-hydrogen) atoms. The van der Waals surface area contributed by atoms with E-state index in [1.54, 1.807) is 10.9 Å². The predicted octanol–water partition coefficient (Wildman–Crippen LogP) is 4.87. The van der Waals surface area contributed by atoms with Crippen molar-refractivity contribution in [2.24, 2.45) is 7.05 Å². The number of benzene rings is 2. The average Bonchev–Trinajstić information content (AvgIpc) is 3.47. The van der Waals surface area contributed by atoms with Gasteiger partial charge in [0.25, 0.3) is 0 Å². The summed E-state index contributed by atoms with van der Waals surface area (Å²) < 4.78 is 19.1. The van der Waals surface area contributed by atoms with Gasteiger partial charge in [0, 0.05) is 32.3 Å². The minimum absolute atomic E-state index is 0.275. The Morgan fingerprint density at radius 1 is 1.00 bits per heavy atom. The summed E-state index contributed by atoms with van der Waals surface area (Å²) in [5, 5.41) is 15.4. The van der Waals surface area contributed by atoms with Crippen molar-refractivity contribution in [3.05, 3.63) is 90.4 Å². The molecule has 0 spiro atoms. The number of rotatable bonds is 12. The van der Waals surface area contributed by atoms with Crippen molar-refractivity contribution in [3.8, 4) is 22.9 Å². The molecule has 2 aromatic carbocycles. The van der Waals surface area contributed by atoms with Crippen molar-refractivity contribution in [1.29, 1.82) is 0 Å². The molecule has 7 heteroatoms. The third-order valence-electron chi connectivity index (χ3n) is 5.42. The van der Waals surface area contributed by atoms with Gasteiger partial charge in [-0.3, -0.25) is 4.90 Å². The van der Waals surface area contributed by atoms with E-state index < -0.39 is 6.10 Å². The van der Waals surface area contributed by atoms with E-state index in [0.29, 0.717) is 32.1 Å². The molecule has 7 nitrogen and oxygen atoms in total. The van der Waals surface area contributed by atoms with Gasteiger partial charge < -0.3 is 19.0 Å². The number of nitrogens with zero attached hydrogens (tertiary/aromatic N) is 3. The fourth-order valence-corrected chi connectivity index (χ4v) is 3.89. The third kappa shape index (κ3) is 6.14. The first-order valence-corrected chi connectivity index (χ1v) is 11.5. The molecule has 0 aliphatic rings. The maximum Gasteiger partial charge on any atom is 0.222 e. The number of para-hydroxylation sites is 1. The minimum atomic E-state index is -0.634. The van der Waals surface area contributed by atoms with Crippen LogP contribution in [0, 0.1) is 0 Å². The van der Waals surface area contributed by atoms with Crippen LogP contribution in [0.15, 0.2) is 83.5 Å².